The van der Waals surface area contributed by atoms with Crippen molar-refractivity contribution in [3.63, 3.8) is 0 Å². The van der Waals surface area contributed by atoms with Crippen molar-refractivity contribution in [3.8, 4) is 16.9 Å². The van der Waals surface area contributed by atoms with E-state index >= 15 is 0 Å². The molecule has 5 rings (SSSR count). The summed E-state index contributed by atoms with van der Waals surface area (Å²) in [6.45, 7) is 2.39. The molecule has 0 radical (unpaired) electrons. The number of benzene rings is 3. The van der Waals surface area contributed by atoms with Crippen LogP contribution in [0.25, 0.3) is 27.8 Å². The molecule has 0 aliphatic carbocycles. The maximum Gasteiger partial charge on any atom is 0.338 e. The van der Waals surface area contributed by atoms with Gasteiger partial charge in [-0.25, -0.2) is 9.18 Å². The van der Waals surface area contributed by atoms with Crippen LogP contribution in [0, 0.1) is 5.82 Å². The molecule has 3 aromatic rings. The lowest BCUT2D eigenvalue weighted by Crippen LogP contribution is -2.16. The summed E-state index contributed by atoms with van der Waals surface area (Å²) < 4.78 is 22.6. The Labute approximate surface area is 188 Å². The number of fused-ring (bicyclic) bond motifs is 3. The fraction of sp³-hybridized carbons (Fsp3) is 0.115. The van der Waals surface area contributed by atoms with Crippen LogP contribution in [0.2, 0.25) is 0 Å². The number of carbonyl (C=O) groups is 1. The number of ether oxygens (including phenoxy) is 1. The lowest BCUT2D eigenvalue weighted by Gasteiger charge is -2.15. The Morgan fingerprint density at radius 3 is 2.55 bits per heavy atom. The topological polar surface area (TPSA) is 66.1 Å². The summed E-state index contributed by atoms with van der Waals surface area (Å²) >= 11 is 0. The van der Waals surface area contributed by atoms with Crippen LogP contribution in [0.4, 0.5) is 4.39 Å². The van der Waals surface area contributed by atoms with Gasteiger partial charge < -0.3 is 9.30 Å². The van der Waals surface area contributed by atoms with Gasteiger partial charge in [-0.2, -0.15) is 9.78 Å². The third-order valence-corrected chi connectivity index (χ3v) is 5.57. The van der Waals surface area contributed by atoms with Gasteiger partial charge in [0.2, 0.25) is 0 Å². The number of hydrogen-bond donors (Lipinski definition) is 0. The molecule has 2 aliphatic rings. The summed E-state index contributed by atoms with van der Waals surface area (Å²) in [7, 11) is 0. The van der Waals surface area contributed by atoms with Crippen molar-refractivity contribution in [1.29, 1.82) is 0 Å². The smallest absolute Gasteiger partial charge is 0.338 e. The van der Waals surface area contributed by atoms with Crippen LogP contribution in [0.1, 0.15) is 22.8 Å². The molecule has 6 nitrogen and oxygen atoms in total. The molecule has 3 aromatic carbocycles. The number of esters is 1. The van der Waals surface area contributed by atoms with E-state index < -0.39 is 17.3 Å². The number of para-hydroxylation sites is 2. The number of pyridine rings is 1. The van der Waals surface area contributed by atoms with E-state index in [0.717, 1.165) is 21.1 Å². The predicted octanol–water partition coefficient (Wildman–Crippen LogP) is 4.66. The van der Waals surface area contributed by atoms with E-state index in [1.165, 1.54) is 12.1 Å². The normalized spacial score (nSPS) is 11.2. The highest BCUT2D eigenvalue weighted by Gasteiger charge is 2.22. The van der Waals surface area contributed by atoms with Gasteiger partial charge in [0, 0.05) is 18.1 Å². The number of carbonyl (C=O) groups excluding carboxylic acids is 1. The molecule has 0 fully saturated rings. The van der Waals surface area contributed by atoms with Gasteiger partial charge in [0.25, 0.3) is 5.56 Å². The summed E-state index contributed by atoms with van der Waals surface area (Å²) in [5.74, 6) is -0.918. The molecule has 2 aliphatic heterocycles. The molecular weight excluding hydrogens is 421 g/mol. The standard InChI is InChI=1S/C26H20FN3O3/c1-2-33-26(32)18-10-4-3-9-17(18)15-29-16-20-24(19-11-5-7-13-22(19)29)28-30(25(20)31)23-14-8-6-12-21(23)27/h3-14,16H,2,15H2,1H3. The Morgan fingerprint density at radius 1 is 1.00 bits per heavy atom. The highest BCUT2D eigenvalue weighted by atomic mass is 19.1. The third kappa shape index (κ3) is 3.57. The second-order valence-electron chi connectivity index (χ2n) is 7.58. The molecule has 33 heavy (non-hydrogen) atoms. The van der Waals surface area contributed by atoms with Gasteiger partial charge in [0.05, 0.1) is 23.3 Å². The average molecular weight is 441 g/mol. The van der Waals surface area contributed by atoms with Crippen molar-refractivity contribution >= 4 is 16.9 Å². The van der Waals surface area contributed by atoms with Crippen LogP contribution in [-0.2, 0) is 11.3 Å². The summed E-state index contributed by atoms with van der Waals surface area (Å²) in [6, 6.07) is 20.8. The van der Waals surface area contributed by atoms with E-state index in [1.807, 2.05) is 41.0 Å². The highest BCUT2D eigenvalue weighted by Crippen LogP contribution is 2.29. The largest absolute Gasteiger partial charge is 0.462 e. The quantitative estimate of drug-likeness (QED) is 0.372. The van der Waals surface area contributed by atoms with E-state index in [1.54, 1.807) is 37.4 Å². The molecule has 0 saturated heterocycles. The number of hydrogen-bond acceptors (Lipinski definition) is 4. The second-order valence-corrected chi connectivity index (χ2v) is 7.58. The summed E-state index contributed by atoms with van der Waals surface area (Å²) in [5.41, 5.74) is 2.62. The molecule has 0 saturated carbocycles. The number of halogens is 1. The monoisotopic (exact) mass is 441 g/mol. The molecule has 7 heteroatoms. The van der Waals surface area contributed by atoms with Crippen LogP contribution in [0.5, 0.6) is 0 Å². The first-order valence-electron chi connectivity index (χ1n) is 10.6. The number of rotatable bonds is 5. The SMILES string of the molecule is CCOC(=O)c1ccccc1Cn1cc2c(=O)n(-c3ccccc3F)nc-2c2ccccc21. The maximum absolute atomic E-state index is 14.4. The van der Waals surface area contributed by atoms with Crippen molar-refractivity contribution in [1.82, 2.24) is 14.3 Å². The summed E-state index contributed by atoms with van der Waals surface area (Å²) in [5, 5.41) is 5.23. The van der Waals surface area contributed by atoms with Crippen molar-refractivity contribution in [3.05, 3.63) is 106 Å². The Morgan fingerprint density at radius 2 is 1.73 bits per heavy atom. The van der Waals surface area contributed by atoms with Gasteiger partial charge in [-0.1, -0.05) is 48.5 Å². The molecular formula is C26H20FN3O3. The van der Waals surface area contributed by atoms with Gasteiger partial charge in [0.15, 0.2) is 0 Å². The summed E-state index contributed by atoms with van der Waals surface area (Å²) in [6.07, 6.45) is 1.71. The van der Waals surface area contributed by atoms with Crippen molar-refractivity contribution in [2.45, 2.75) is 13.5 Å². The molecule has 0 N–H and O–H groups in total. The first kappa shape index (κ1) is 20.6. The minimum Gasteiger partial charge on any atom is -0.462 e. The highest BCUT2D eigenvalue weighted by molar-refractivity contribution is 5.94. The first-order valence-corrected chi connectivity index (χ1v) is 10.6. The van der Waals surface area contributed by atoms with Crippen molar-refractivity contribution in [2.75, 3.05) is 6.61 Å². The van der Waals surface area contributed by atoms with Gasteiger partial charge in [-0.3, -0.25) is 4.79 Å². The lowest BCUT2D eigenvalue weighted by atomic mass is 10.1. The minimum absolute atomic E-state index is 0.0991. The fourth-order valence-electron chi connectivity index (χ4n) is 4.05. The molecule has 0 amide bonds. The van der Waals surface area contributed by atoms with Crippen LogP contribution in [0.3, 0.4) is 0 Å². The number of nitrogens with zero attached hydrogens (tertiary/aromatic N) is 3. The predicted molar refractivity (Wildman–Crippen MR) is 123 cm³/mol. The second kappa shape index (κ2) is 8.35. The third-order valence-electron chi connectivity index (χ3n) is 5.57. The first-order chi connectivity index (χ1) is 16.1. The molecule has 164 valence electrons. The molecule has 0 unspecified atom stereocenters. The van der Waals surface area contributed by atoms with Crippen molar-refractivity contribution in [2.24, 2.45) is 0 Å². The van der Waals surface area contributed by atoms with E-state index in [0.29, 0.717) is 23.4 Å². The van der Waals surface area contributed by atoms with E-state index in [2.05, 4.69) is 5.10 Å². The molecule has 0 bridgehead atoms. The molecule has 2 heterocycles. The van der Waals surface area contributed by atoms with Gasteiger partial charge in [0.1, 0.15) is 17.2 Å². The lowest BCUT2D eigenvalue weighted by molar-refractivity contribution is 0.0525. The zero-order valence-corrected chi connectivity index (χ0v) is 17.9. The number of aromatic nitrogens is 3. The average Bonchev–Trinajstić information content (AvgIpc) is 3.16. The van der Waals surface area contributed by atoms with Gasteiger partial charge in [-0.05, 0) is 36.8 Å². The Hall–Kier alpha value is -4.26. The Bertz CT molecular complexity index is 1520. The van der Waals surface area contributed by atoms with E-state index in [-0.39, 0.29) is 12.3 Å². The van der Waals surface area contributed by atoms with Crippen molar-refractivity contribution < 1.29 is 13.9 Å². The summed E-state index contributed by atoms with van der Waals surface area (Å²) in [4.78, 5) is 25.7. The Kier molecular flexibility index (Phi) is 5.22. The van der Waals surface area contributed by atoms with Gasteiger partial charge in [-0.15, -0.1) is 0 Å². The maximum atomic E-state index is 14.4. The molecule has 0 atom stereocenters. The van der Waals surface area contributed by atoms with Crippen LogP contribution < -0.4 is 5.56 Å². The zero-order valence-electron chi connectivity index (χ0n) is 17.9. The fourth-order valence-corrected chi connectivity index (χ4v) is 4.05. The van der Waals surface area contributed by atoms with Crippen LogP contribution >= 0.6 is 0 Å². The van der Waals surface area contributed by atoms with Crippen LogP contribution in [0.15, 0.2) is 83.8 Å². The van der Waals surface area contributed by atoms with Gasteiger partial charge >= 0.3 is 5.97 Å². The minimum atomic E-state index is -0.525. The zero-order chi connectivity index (χ0) is 22.9. The van der Waals surface area contributed by atoms with Crippen LogP contribution in [-0.4, -0.2) is 26.9 Å². The molecule has 0 aromatic heterocycles. The molecule has 0 spiro atoms. The van der Waals surface area contributed by atoms with E-state index in [4.69, 9.17) is 4.74 Å². The van der Waals surface area contributed by atoms with E-state index in [9.17, 15) is 14.0 Å². The Balaban J connectivity index is 1.71.